The van der Waals surface area contributed by atoms with E-state index in [1.165, 1.54) is 23.5 Å². The molecule has 8 heteroatoms. The summed E-state index contributed by atoms with van der Waals surface area (Å²) >= 11 is 1.34. The SMILES string of the molecule is Cc1nc(C)c2c(C)c(C(=O)NCc3ccc(OC(F)F)cc3)sc2n1. The summed E-state index contributed by atoms with van der Waals surface area (Å²) in [4.78, 5) is 22.7. The van der Waals surface area contributed by atoms with Crippen LogP contribution >= 0.6 is 11.3 Å². The molecule has 1 N–H and O–H groups in total. The van der Waals surface area contributed by atoms with E-state index in [1.54, 1.807) is 12.1 Å². The number of halogens is 2. The summed E-state index contributed by atoms with van der Waals surface area (Å²) in [6, 6.07) is 6.16. The first-order chi connectivity index (χ1) is 12.3. The van der Waals surface area contributed by atoms with Gasteiger partial charge >= 0.3 is 6.61 Å². The highest BCUT2D eigenvalue weighted by Crippen LogP contribution is 2.31. The normalized spacial score (nSPS) is 11.2. The summed E-state index contributed by atoms with van der Waals surface area (Å²) in [5.74, 6) is 0.560. The number of nitrogens with one attached hydrogen (secondary N) is 1. The summed E-state index contributed by atoms with van der Waals surface area (Å²) in [6.45, 7) is 3.04. The van der Waals surface area contributed by atoms with Crippen molar-refractivity contribution in [3.8, 4) is 5.75 Å². The zero-order valence-electron chi connectivity index (χ0n) is 14.5. The highest BCUT2D eigenvalue weighted by Gasteiger charge is 2.18. The molecule has 1 aromatic carbocycles. The number of hydrogen-bond donors (Lipinski definition) is 1. The summed E-state index contributed by atoms with van der Waals surface area (Å²) in [6.07, 6.45) is 0. The number of fused-ring (bicyclic) bond motifs is 1. The van der Waals surface area contributed by atoms with E-state index < -0.39 is 6.61 Å². The maximum atomic E-state index is 12.5. The highest BCUT2D eigenvalue weighted by atomic mass is 32.1. The number of carbonyl (C=O) groups is 1. The van der Waals surface area contributed by atoms with Crippen molar-refractivity contribution >= 4 is 27.5 Å². The molecule has 0 atom stereocenters. The van der Waals surface area contributed by atoms with Crippen molar-refractivity contribution in [2.75, 3.05) is 0 Å². The average Bonchev–Trinajstić information content (AvgIpc) is 2.90. The minimum atomic E-state index is -2.85. The van der Waals surface area contributed by atoms with Crippen LogP contribution in [-0.4, -0.2) is 22.5 Å². The summed E-state index contributed by atoms with van der Waals surface area (Å²) < 4.78 is 28.6. The Morgan fingerprint density at radius 1 is 1.19 bits per heavy atom. The Bertz CT molecular complexity index is 955. The van der Waals surface area contributed by atoms with Gasteiger partial charge in [-0.2, -0.15) is 8.78 Å². The van der Waals surface area contributed by atoms with E-state index >= 15 is 0 Å². The van der Waals surface area contributed by atoms with Gasteiger partial charge in [0.15, 0.2) is 0 Å². The zero-order chi connectivity index (χ0) is 18.8. The van der Waals surface area contributed by atoms with E-state index in [2.05, 4.69) is 20.0 Å². The molecule has 0 spiro atoms. The molecule has 0 aliphatic heterocycles. The van der Waals surface area contributed by atoms with Gasteiger partial charge in [0.1, 0.15) is 16.4 Å². The minimum Gasteiger partial charge on any atom is -0.435 e. The number of amides is 1. The lowest BCUT2D eigenvalue weighted by atomic mass is 10.1. The molecule has 0 radical (unpaired) electrons. The quantitative estimate of drug-likeness (QED) is 0.726. The minimum absolute atomic E-state index is 0.0832. The van der Waals surface area contributed by atoms with Crippen molar-refractivity contribution in [3.63, 3.8) is 0 Å². The first kappa shape index (κ1) is 18.2. The van der Waals surface area contributed by atoms with E-state index in [9.17, 15) is 13.6 Å². The van der Waals surface area contributed by atoms with Crippen molar-refractivity contribution in [2.24, 2.45) is 0 Å². The monoisotopic (exact) mass is 377 g/mol. The number of benzene rings is 1. The topological polar surface area (TPSA) is 64.1 Å². The van der Waals surface area contributed by atoms with Gasteiger partial charge in [0.05, 0.1) is 4.88 Å². The number of carbonyl (C=O) groups excluding carboxylic acids is 1. The van der Waals surface area contributed by atoms with E-state index in [-0.39, 0.29) is 18.2 Å². The van der Waals surface area contributed by atoms with Crippen molar-refractivity contribution in [3.05, 3.63) is 51.8 Å². The van der Waals surface area contributed by atoms with Crippen molar-refractivity contribution in [2.45, 2.75) is 33.9 Å². The molecule has 1 amide bonds. The molecule has 136 valence electrons. The van der Waals surface area contributed by atoms with Crippen LogP contribution in [0.2, 0.25) is 0 Å². The van der Waals surface area contributed by atoms with Gasteiger partial charge in [-0.15, -0.1) is 11.3 Å². The number of rotatable bonds is 5. The fourth-order valence-corrected chi connectivity index (χ4v) is 3.94. The second-order valence-electron chi connectivity index (χ2n) is 5.80. The lowest BCUT2D eigenvalue weighted by Gasteiger charge is -2.07. The Labute approximate surface area is 153 Å². The molecule has 26 heavy (non-hydrogen) atoms. The maximum Gasteiger partial charge on any atom is 0.387 e. The lowest BCUT2D eigenvalue weighted by Crippen LogP contribution is -2.22. The fourth-order valence-electron chi connectivity index (χ4n) is 2.74. The predicted molar refractivity (Wildman–Crippen MR) is 95.9 cm³/mol. The fraction of sp³-hybridized carbons (Fsp3) is 0.278. The van der Waals surface area contributed by atoms with Crippen molar-refractivity contribution < 1.29 is 18.3 Å². The smallest absolute Gasteiger partial charge is 0.387 e. The largest absolute Gasteiger partial charge is 0.435 e. The van der Waals surface area contributed by atoms with Crippen LogP contribution in [0.25, 0.3) is 10.2 Å². The molecule has 5 nitrogen and oxygen atoms in total. The van der Waals surface area contributed by atoms with Crippen LogP contribution < -0.4 is 10.1 Å². The van der Waals surface area contributed by atoms with Crippen LogP contribution in [0.5, 0.6) is 5.75 Å². The zero-order valence-corrected chi connectivity index (χ0v) is 15.3. The van der Waals surface area contributed by atoms with Crippen molar-refractivity contribution in [1.82, 2.24) is 15.3 Å². The number of aromatic nitrogens is 2. The van der Waals surface area contributed by atoms with Crippen LogP contribution in [0.4, 0.5) is 8.78 Å². The third-order valence-electron chi connectivity index (χ3n) is 3.89. The molecule has 0 saturated carbocycles. The molecule has 2 aromatic heterocycles. The van der Waals surface area contributed by atoms with E-state index in [0.29, 0.717) is 10.7 Å². The van der Waals surface area contributed by atoms with Gasteiger partial charge in [-0.25, -0.2) is 9.97 Å². The summed E-state index contributed by atoms with van der Waals surface area (Å²) in [7, 11) is 0. The number of ether oxygens (including phenoxy) is 1. The number of alkyl halides is 2. The third kappa shape index (κ3) is 3.80. The molecular weight excluding hydrogens is 360 g/mol. The number of aryl methyl sites for hydroxylation is 3. The molecule has 0 fully saturated rings. The molecule has 0 aliphatic rings. The van der Waals surface area contributed by atoms with Gasteiger partial charge in [0.2, 0.25) is 0 Å². The standard InChI is InChI=1S/C18H17F2N3O2S/c1-9-14-10(2)22-11(3)23-17(14)26-15(9)16(24)21-8-12-4-6-13(7-5-12)25-18(19)20/h4-7,18H,8H2,1-3H3,(H,21,24). The van der Waals surface area contributed by atoms with Gasteiger partial charge in [0.25, 0.3) is 5.91 Å². The molecular formula is C18H17F2N3O2S. The molecule has 0 bridgehead atoms. The van der Waals surface area contributed by atoms with Gasteiger partial charge in [0, 0.05) is 17.6 Å². The maximum absolute atomic E-state index is 12.5. The lowest BCUT2D eigenvalue weighted by molar-refractivity contribution is -0.0498. The second-order valence-corrected chi connectivity index (χ2v) is 6.80. The Balaban J connectivity index is 1.73. The Morgan fingerprint density at radius 2 is 1.88 bits per heavy atom. The van der Waals surface area contributed by atoms with Crippen LogP contribution in [-0.2, 0) is 6.54 Å². The van der Waals surface area contributed by atoms with Crippen LogP contribution in [0.15, 0.2) is 24.3 Å². The van der Waals surface area contributed by atoms with Gasteiger partial charge in [-0.3, -0.25) is 4.79 Å². The molecule has 3 rings (SSSR count). The molecule has 0 saturated heterocycles. The van der Waals surface area contributed by atoms with Gasteiger partial charge < -0.3 is 10.1 Å². The van der Waals surface area contributed by atoms with E-state index in [0.717, 1.165) is 27.0 Å². The first-order valence-corrected chi connectivity index (χ1v) is 8.73. The number of hydrogen-bond acceptors (Lipinski definition) is 5. The summed E-state index contributed by atoms with van der Waals surface area (Å²) in [5, 5.41) is 3.76. The predicted octanol–water partition coefficient (Wildman–Crippen LogP) is 4.15. The van der Waals surface area contributed by atoms with Gasteiger partial charge in [-0.05, 0) is 44.0 Å². The number of thiophene rings is 1. The average molecular weight is 377 g/mol. The molecule has 0 aliphatic carbocycles. The highest BCUT2D eigenvalue weighted by molar-refractivity contribution is 7.20. The Kier molecular flexibility index (Phi) is 5.13. The molecule has 0 unspecified atom stereocenters. The van der Waals surface area contributed by atoms with Gasteiger partial charge in [-0.1, -0.05) is 12.1 Å². The van der Waals surface area contributed by atoms with Crippen LogP contribution in [0, 0.1) is 20.8 Å². The van der Waals surface area contributed by atoms with Crippen LogP contribution in [0.1, 0.15) is 32.3 Å². The number of nitrogens with zero attached hydrogens (tertiary/aromatic N) is 2. The van der Waals surface area contributed by atoms with Crippen molar-refractivity contribution in [1.29, 1.82) is 0 Å². The second kappa shape index (κ2) is 7.33. The van der Waals surface area contributed by atoms with E-state index in [4.69, 9.17) is 0 Å². The Morgan fingerprint density at radius 3 is 2.54 bits per heavy atom. The third-order valence-corrected chi connectivity index (χ3v) is 5.08. The Hall–Kier alpha value is -2.61. The first-order valence-electron chi connectivity index (χ1n) is 7.91. The molecule has 2 heterocycles. The molecule has 3 aromatic rings. The van der Waals surface area contributed by atoms with Crippen LogP contribution in [0.3, 0.4) is 0 Å². The summed E-state index contributed by atoms with van der Waals surface area (Å²) in [5.41, 5.74) is 2.50. The van der Waals surface area contributed by atoms with E-state index in [1.807, 2.05) is 20.8 Å².